The van der Waals surface area contributed by atoms with Gasteiger partial charge in [-0.05, 0) is 48.4 Å². The first-order chi connectivity index (χ1) is 9.13. The SMILES string of the molecule is CCc1ccc(C(NC)c2cc(Cl)cc(Cl)c2)cc1. The second-order valence-corrected chi connectivity index (χ2v) is 5.39. The van der Waals surface area contributed by atoms with E-state index in [0.717, 1.165) is 12.0 Å². The van der Waals surface area contributed by atoms with Crippen molar-refractivity contribution in [3.63, 3.8) is 0 Å². The molecule has 0 aliphatic heterocycles. The molecule has 19 heavy (non-hydrogen) atoms. The van der Waals surface area contributed by atoms with E-state index in [2.05, 4.69) is 36.5 Å². The van der Waals surface area contributed by atoms with Gasteiger partial charge in [0.05, 0.1) is 6.04 Å². The molecule has 2 rings (SSSR count). The number of benzene rings is 2. The van der Waals surface area contributed by atoms with E-state index in [4.69, 9.17) is 23.2 Å². The fourth-order valence-electron chi connectivity index (χ4n) is 2.21. The Morgan fingerprint density at radius 1 is 0.947 bits per heavy atom. The highest BCUT2D eigenvalue weighted by Crippen LogP contribution is 2.27. The Labute approximate surface area is 124 Å². The van der Waals surface area contributed by atoms with Crippen molar-refractivity contribution in [1.29, 1.82) is 0 Å². The van der Waals surface area contributed by atoms with Crippen molar-refractivity contribution in [3.05, 3.63) is 69.2 Å². The van der Waals surface area contributed by atoms with Gasteiger partial charge in [0.25, 0.3) is 0 Å². The summed E-state index contributed by atoms with van der Waals surface area (Å²) < 4.78 is 0. The summed E-state index contributed by atoms with van der Waals surface area (Å²) in [6.07, 6.45) is 1.05. The molecule has 0 aliphatic carbocycles. The van der Waals surface area contributed by atoms with Crippen LogP contribution in [0.2, 0.25) is 10.0 Å². The van der Waals surface area contributed by atoms with E-state index in [9.17, 15) is 0 Å². The van der Waals surface area contributed by atoms with Gasteiger partial charge >= 0.3 is 0 Å². The summed E-state index contributed by atoms with van der Waals surface area (Å²) in [4.78, 5) is 0. The lowest BCUT2D eigenvalue weighted by atomic mass is 9.97. The first-order valence-electron chi connectivity index (χ1n) is 6.36. The largest absolute Gasteiger partial charge is 0.309 e. The van der Waals surface area contributed by atoms with Gasteiger partial charge < -0.3 is 5.32 Å². The first-order valence-corrected chi connectivity index (χ1v) is 7.11. The number of halogens is 2. The Kier molecular flexibility index (Phi) is 4.87. The van der Waals surface area contributed by atoms with E-state index >= 15 is 0 Å². The summed E-state index contributed by atoms with van der Waals surface area (Å²) in [6.45, 7) is 2.15. The zero-order valence-corrected chi connectivity index (χ0v) is 12.6. The highest BCUT2D eigenvalue weighted by atomic mass is 35.5. The lowest BCUT2D eigenvalue weighted by Crippen LogP contribution is -2.17. The van der Waals surface area contributed by atoms with Crippen LogP contribution in [0.15, 0.2) is 42.5 Å². The van der Waals surface area contributed by atoms with Crippen molar-refractivity contribution in [1.82, 2.24) is 5.32 Å². The van der Waals surface area contributed by atoms with Crippen LogP contribution in [0.25, 0.3) is 0 Å². The number of hydrogen-bond acceptors (Lipinski definition) is 1. The molecule has 0 amide bonds. The summed E-state index contributed by atoms with van der Waals surface area (Å²) in [5.74, 6) is 0. The van der Waals surface area contributed by atoms with E-state index in [0.29, 0.717) is 10.0 Å². The Bertz CT molecular complexity index is 529. The standard InChI is InChI=1S/C16H17Cl2N/c1-3-11-4-6-12(7-5-11)16(19-2)13-8-14(17)10-15(18)9-13/h4-10,16,19H,3H2,1-2H3. The van der Waals surface area contributed by atoms with Crippen LogP contribution in [-0.4, -0.2) is 7.05 Å². The molecule has 2 aromatic rings. The van der Waals surface area contributed by atoms with Gasteiger partial charge in [-0.1, -0.05) is 54.4 Å². The molecule has 3 heteroatoms. The van der Waals surface area contributed by atoms with Gasteiger partial charge in [-0.15, -0.1) is 0 Å². The zero-order valence-electron chi connectivity index (χ0n) is 11.1. The third-order valence-electron chi connectivity index (χ3n) is 3.23. The van der Waals surface area contributed by atoms with Gasteiger partial charge in [0, 0.05) is 10.0 Å². The summed E-state index contributed by atoms with van der Waals surface area (Å²) in [6, 6.07) is 14.4. The first kappa shape index (κ1) is 14.4. The maximum absolute atomic E-state index is 6.07. The van der Waals surface area contributed by atoms with Crippen LogP contribution < -0.4 is 5.32 Å². The monoisotopic (exact) mass is 293 g/mol. The molecule has 0 saturated carbocycles. The minimum atomic E-state index is 0.0992. The zero-order chi connectivity index (χ0) is 13.8. The van der Waals surface area contributed by atoms with Gasteiger partial charge in [0.15, 0.2) is 0 Å². The molecule has 0 fully saturated rings. The van der Waals surface area contributed by atoms with Crippen LogP contribution in [0.3, 0.4) is 0 Å². The highest BCUT2D eigenvalue weighted by Gasteiger charge is 2.13. The maximum Gasteiger partial charge on any atom is 0.0575 e. The van der Waals surface area contributed by atoms with Crippen molar-refractivity contribution < 1.29 is 0 Å². The van der Waals surface area contributed by atoms with Crippen LogP contribution in [0.1, 0.15) is 29.7 Å². The Morgan fingerprint density at radius 3 is 2.00 bits per heavy atom. The molecule has 0 aromatic heterocycles. The minimum Gasteiger partial charge on any atom is -0.309 e. The van der Waals surface area contributed by atoms with Gasteiger partial charge in [-0.3, -0.25) is 0 Å². The molecule has 0 aliphatic rings. The Hall–Kier alpha value is -1.02. The summed E-state index contributed by atoms with van der Waals surface area (Å²) in [5.41, 5.74) is 3.62. The molecule has 1 unspecified atom stereocenters. The normalized spacial score (nSPS) is 12.4. The van der Waals surface area contributed by atoms with Crippen molar-refractivity contribution in [2.24, 2.45) is 0 Å². The van der Waals surface area contributed by atoms with Crippen LogP contribution in [-0.2, 0) is 6.42 Å². The van der Waals surface area contributed by atoms with Gasteiger partial charge in [-0.25, -0.2) is 0 Å². The number of rotatable bonds is 4. The molecule has 0 radical (unpaired) electrons. The average Bonchev–Trinajstić information content (AvgIpc) is 2.39. The fraction of sp³-hybridized carbons (Fsp3) is 0.250. The highest BCUT2D eigenvalue weighted by molar-refractivity contribution is 6.34. The number of aryl methyl sites for hydroxylation is 1. The molecule has 0 spiro atoms. The van der Waals surface area contributed by atoms with Crippen molar-refractivity contribution in [2.45, 2.75) is 19.4 Å². The smallest absolute Gasteiger partial charge is 0.0575 e. The Balaban J connectivity index is 2.37. The second kappa shape index (κ2) is 6.42. The molecule has 0 heterocycles. The van der Waals surface area contributed by atoms with E-state index in [-0.39, 0.29) is 6.04 Å². The summed E-state index contributed by atoms with van der Waals surface area (Å²) >= 11 is 12.1. The quantitative estimate of drug-likeness (QED) is 0.848. The van der Waals surface area contributed by atoms with E-state index in [1.165, 1.54) is 11.1 Å². The molecule has 0 saturated heterocycles. The predicted octanol–water partition coefficient (Wildman–Crippen LogP) is 4.86. The van der Waals surface area contributed by atoms with E-state index in [1.807, 2.05) is 19.2 Å². The fourth-order valence-corrected chi connectivity index (χ4v) is 2.76. The second-order valence-electron chi connectivity index (χ2n) is 4.52. The lowest BCUT2D eigenvalue weighted by Gasteiger charge is -2.18. The van der Waals surface area contributed by atoms with Crippen molar-refractivity contribution in [3.8, 4) is 0 Å². The average molecular weight is 294 g/mol. The van der Waals surface area contributed by atoms with Crippen LogP contribution >= 0.6 is 23.2 Å². The van der Waals surface area contributed by atoms with Gasteiger partial charge in [0.1, 0.15) is 0 Å². The molecular weight excluding hydrogens is 277 g/mol. The van der Waals surface area contributed by atoms with Crippen LogP contribution in [0.5, 0.6) is 0 Å². The summed E-state index contributed by atoms with van der Waals surface area (Å²) in [7, 11) is 1.94. The topological polar surface area (TPSA) is 12.0 Å². The molecule has 1 N–H and O–H groups in total. The number of hydrogen-bond donors (Lipinski definition) is 1. The predicted molar refractivity (Wildman–Crippen MR) is 83.2 cm³/mol. The lowest BCUT2D eigenvalue weighted by molar-refractivity contribution is 0.691. The van der Waals surface area contributed by atoms with E-state index in [1.54, 1.807) is 6.07 Å². The summed E-state index contributed by atoms with van der Waals surface area (Å²) in [5, 5.41) is 4.63. The third-order valence-corrected chi connectivity index (χ3v) is 3.66. The van der Waals surface area contributed by atoms with Crippen molar-refractivity contribution >= 4 is 23.2 Å². The van der Waals surface area contributed by atoms with E-state index < -0.39 is 0 Å². The molecule has 1 atom stereocenters. The van der Waals surface area contributed by atoms with Crippen LogP contribution in [0.4, 0.5) is 0 Å². The van der Waals surface area contributed by atoms with Gasteiger partial charge in [-0.2, -0.15) is 0 Å². The molecular formula is C16H17Cl2N. The molecule has 100 valence electrons. The van der Waals surface area contributed by atoms with Crippen molar-refractivity contribution in [2.75, 3.05) is 7.05 Å². The van der Waals surface area contributed by atoms with Crippen LogP contribution in [0, 0.1) is 0 Å². The molecule has 2 aromatic carbocycles. The third kappa shape index (κ3) is 3.50. The number of nitrogens with one attached hydrogen (secondary N) is 1. The Morgan fingerprint density at radius 2 is 1.53 bits per heavy atom. The van der Waals surface area contributed by atoms with Gasteiger partial charge in [0.2, 0.25) is 0 Å². The maximum atomic E-state index is 6.07. The molecule has 0 bridgehead atoms. The molecule has 1 nitrogen and oxygen atoms in total. The minimum absolute atomic E-state index is 0.0992.